The SMILES string of the molecule is COc1cc2c(cc1OC)CC(NC(=O)[C@H]1CCCN1C(C)=O)CC2. The highest BCUT2D eigenvalue weighted by atomic mass is 16.5. The summed E-state index contributed by atoms with van der Waals surface area (Å²) in [6.07, 6.45) is 4.19. The molecule has 1 N–H and O–H groups in total. The van der Waals surface area contributed by atoms with Gasteiger partial charge in [-0.2, -0.15) is 0 Å². The first-order chi connectivity index (χ1) is 12.0. The molecule has 0 spiro atoms. The highest BCUT2D eigenvalue weighted by Gasteiger charge is 2.33. The third-order valence-electron chi connectivity index (χ3n) is 5.24. The summed E-state index contributed by atoms with van der Waals surface area (Å²) in [4.78, 5) is 26.0. The van der Waals surface area contributed by atoms with Crippen molar-refractivity contribution >= 4 is 11.8 Å². The number of aryl methyl sites for hydroxylation is 1. The van der Waals surface area contributed by atoms with Crippen LogP contribution in [0.25, 0.3) is 0 Å². The second-order valence-electron chi connectivity index (χ2n) is 6.79. The van der Waals surface area contributed by atoms with Gasteiger partial charge in [-0.25, -0.2) is 0 Å². The summed E-state index contributed by atoms with van der Waals surface area (Å²) in [6, 6.07) is 3.81. The van der Waals surface area contributed by atoms with Gasteiger partial charge in [0.2, 0.25) is 11.8 Å². The smallest absolute Gasteiger partial charge is 0.243 e. The van der Waals surface area contributed by atoms with Crippen LogP contribution in [0.2, 0.25) is 0 Å². The van der Waals surface area contributed by atoms with Crippen molar-refractivity contribution in [2.75, 3.05) is 20.8 Å². The quantitative estimate of drug-likeness (QED) is 0.901. The van der Waals surface area contributed by atoms with E-state index in [1.807, 2.05) is 12.1 Å². The number of benzene rings is 1. The summed E-state index contributed by atoms with van der Waals surface area (Å²) in [6.45, 7) is 2.21. The zero-order chi connectivity index (χ0) is 18.0. The number of hydrogen-bond donors (Lipinski definition) is 1. The summed E-state index contributed by atoms with van der Waals surface area (Å²) in [5, 5.41) is 3.15. The van der Waals surface area contributed by atoms with Crippen molar-refractivity contribution in [3.8, 4) is 11.5 Å². The predicted molar refractivity (Wildman–Crippen MR) is 93.9 cm³/mol. The van der Waals surface area contributed by atoms with Crippen LogP contribution >= 0.6 is 0 Å². The van der Waals surface area contributed by atoms with Crippen molar-refractivity contribution in [1.82, 2.24) is 10.2 Å². The van der Waals surface area contributed by atoms with Gasteiger partial charge in [0.25, 0.3) is 0 Å². The molecule has 25 heavy (non-hydrogen) atoms. The van der Waals surface area contributed by atoms with Gasteiger partial charge in [-0.05, 0) is 55.4 Å². The number of ether oxygens (including phenoxy) is 2. The lowest BCUT2D eigenvalue weighted by atomic mass is 9.87. The second kappa shape index (κ2) is 7.33. The van der Waals surface area contributed by atoms with E-state index in [0.717, 1.165) is 37.9 Å². The first-order valence-corrected chi connectivity index (χ1v) is 8.84. The van der Waals surface area contributed by atoms with Crippen LogP contribution in [0.15, 0.2) is 12.1 Å². The third kappa shape index (κ3) is 3.57. The molecule has 0 bridgehead atoms. The number of amides is 2. The molecule has 0 radical (unpaired) electrons. The fraction of sp³-hybridized carbons (Fsp3) is 0.579. The fourth-order valence-electron chi connectivity index (χ4n) is 3.92. The molecule has 1 heterocycles. The molecule has 136 valence electrons. The maximum atomic E-state index is 12.6. The number of nitrogens with one attached hydrogen (secondary N) is 1. The van der Waals surface area contributed by atoms with Crippen molar-refractivity contribution in [3.05, 3.63) is 23.3 Å². The third-order valence-corrected chi connectivity index (χ3v) is 5.24. The molecule has 0 saturated carbocycles. The van der Waals surface area contributed by atoms with Gasteiger partial charge in [0.05, 0.1) is 14.2 Å². The van der Waals surface area contributed by atoms with E-state index < -0.39 is 0 Å². The van der Waals surface area contributed by atoms with E-state index in [0.29, 0.717) is 12.3 Å². The molecule has 3 rings (SSSR count). The average Bonchev–Trinajstić information content (AvgIpc) is 3.10. The fourth-order valence-corrected chi connectivity index (χ4v) is 3.92. The highest BCUT2D eigenvalue weighted by molar-refractivity contribution is 5.87. The van der Waals surface area contributed by atoms with Crippen LogP contribution in [-0.2, 0) is 22.4 Å². The Hall–Kier alpha value is -2.24. The maximum absolute atomic E-state index is 12.6. The molecule has 6 heteroatoms. The van der Waals surface area contributed by atoms with Gasteiger partial charge in [-0.15, -0.1) is 0 Å². The molecule has 1 aliphatic carbocycles. The molecule has 1 aromatic carbocycles. The molecular formula is C19H26N2O4. The topological polar surface area (TPSA) is 67.9 Å². The molecule has 6 nitrogen and oxygen atoms in total. The van der Waals surface area contributed by atoms with E-state index in [9.17, 15) is 9.59 Å². The maximum Gasteiger partial charge on any atom is 0.243 e. The van der Waals surface area contributed by atoms with Gasteiger partial charge in [0.15, 0.2) is 11.5 Å². The van der Waals surface area contributed by atoms with E-state index >= 15 is 0 Å². The zero-order valence-electron chi connectivity index (χ0n) is 15.1. The van der Waals surface area contributed by atoms with Crippen molar-refractivity contribution in [2.45, 2.75) is 51.1 Å². The number of methoxy groups -OCH3 is 2. The van der Waals surface area contributed by atoms with Crippen LogP contribution in [0.5, 0.6) is 11.5 Å². The number of carbonyl (C=O) groups excluding carboxylic acids is 2. The lowest BCUT2D eigenvalue weighted by Gasteiger charge is -2.29. The minimum Gasteiger partial charge on any atom is -0.493 e. The summed E-state index contributed by atoms with van der Waals surface area (Å²) < 4.78 is 10.7. The molecule has 1 aromatic rings. The Morgan fingerprint density at radius 2 is 1.80 bits per heavy atom. The largest absolute Gasteiger partial charge is 0.493 e. The van der Waals surface area contributed by atoms with E-state index in [1.54, 1.807) is 19.1 Å². The summed E-state index contributed by atoms with van der Waals surface area (Å²) in [7, 11) is 3.27. The average molecular weight is 346 g/mol. The first-order valence-electron chi connectivity index (χ1n) is 8.84. The molecule has 1 unspecified atom stereocenters. The van der Waals surface area contributed by atoms with Crippen molar-refractivity contribution in [1.29, 1.82) is 0 Å². The Morgan fingerprint density at radius 3 is 2.44 bits per heavy atom. The number of carbonyl (C=O) groups is 2. The van der Waals surface area contributed by atoms with Gasteiger partial charge in [0.1, 0.15) is 6.04 Å². The first kappa shape index (κ1) is 17.6. The Bertz CT molecular complexity index is 674. The van der Waals surface area contributed by atoms with Gasteiger partial charge in [-0.3, -0.25) is 9.59 Å². The normalized spacial score (nSPS) is 22.3. The molecule has 1 aliphatic heterocycles. The van der Waals surface area contributed by atoms with E-state index in [4.69, 9.17) is 9.47 Å². The summed E-state index contributed by atoms with van der Waals surface area (Å²) in [5.41, 5.74) is 2.43. The molecular weight excluding hydrogens is 320 g/mol. The predicted octanol–water partition coefficient (Wildman–Crippen LogP) is 1.69. The molecule has 2 atom stereocenters. The second-order valence-corrected chi connectivity index (χ2v) is 6.79. The minimum absolute atomic E-state index is 0.0246. The standard InChI is InChI=1S/C19H26N2O4/c1-12(22)21-8-4-5-16(21)19(23)20-15-7-6-13-10-17(24-2)18(25-3)11-14(13)9-15/h10-11,15-16H,4-9H2,1-3H3,(H,20,23)/t15?,16-/m1/s1. The van der Waals surface area contributed by atoms with Gasteiger partial charge in [-0.1, -0.05) is 0 Å². The van der Waals surface area contributed by atoms with Crippen LogP contribution in [0, 0.1) is 0 Å². The number of rotatable bonds is 4. The van der Waals surface area contributed by atoms with Crippen LogP contribution in [0.3, 0.4) is 0 Å². The summed E-state index contributed by atoms with van der Waals surface area (Å²) >= 11 is 0. The molecule has 0 aromatic heterocycles. The zero-order valence-corrected chi connectivity index (χ0v) is 15.1. The van der Waals surface area contributed by atoms with Crippen LogP contribution < -0.4 is 14.8 Å². The van der Waals surface area contributed by atoms with Crippen LogP contribution in [0.4, 0.5) is 0 Å². The van der Waals surface area contributed by atoms with Gasteiger partial charge in [0, 0.05) is 19.5 Å². The Morgan fingerprint density at radius 1 is 1.12 bits per heavy atom. The van der Waals surface area contributed by atoms with Crippen molar-refractivity contribution < 1.29 is 19.1 Å². The molecule has 2 amide bonds. The Labute approximate surface area is 148 Å². The number of hydrogen-bond acceptors (Lipinski definition) is 4. The van der Waals surface area contributed by atoms with Crippen molar-refractivity contribution in [2.24, 2.45) is 0 Å². The molecule has 1 saturated heterocycles. The molecule has 1 fully saturated rings. The van der Waals surface area contributed by atoms with Gasteiger partial charge < -0.3 is 19.7 Å². The van der Waals surface area contributed by atoms with Gasteiger partial charge >= 0.3 is 0 Å². The van der Waals surface area contributed by atoms with Crippen LogP contribution in [0.1, 0.15) is 37.3 Å². The Kier molecular flexibility index (Phi) is 5.16. The van der Waals surface area contributed by atoms with Crippen molar-refractivity contribution in [3.63, 3.8) is 0 Å². The summed E-state index contributed by atoms with van der Waals surface area (Å²) in [5.74, 6) is 1.41. The lowest BCUT2D eigenvalue weighted by molar-refractivity contribution is -0.137. The monoisotopic (exact) mass is 346 g/mol. The number of fused-ring (bicyclic) bond motifs is 1. The van der Waals surface area contributed by atoms with E-state index in [-0.39, 0.29) is 23.9 Å². The highest BCUT2D eigenvalue weighted by Crippen LogP contribution is 2.34. The van der Waals surface area contributed by atoms with E-state index in [2.05, 4.69) is 5.32 Å². The van der Waals surface area contributed by atoms with E-state index in [1.165, 1.54) is 18.1 Å². The number of likely N-dealkylation sites (tertiary alicyclic amines) is 1. The minimum atomic E-state index is -0.315. The lowest BCUT2D eigenvalue weighted by Crippen LogP contribution is -2.49. The Balaban J connectivity index is 1.68. The number of nitrogens with zero attached hydrogens (tertiary/aromatic N) is 1. The molecule has 2 aliphatic rings. The van der Waals surface area contributed by atoms with Crippen LogP contribution in [-0.4, -0.2) is 49.6 Å².